The number of phenolic OH excluding ortho intramolecular Hbond substituents is 1. The van der Waals surface area contributed by atoms with Crippen LogP contribution < -0.4 is 4.90 Å². The van der Waals surface area contributed by atoms with Crippen molar-refractivity contribution in [2.45, 2.75) is 11.2 Å². The second-order valence-electron chi connectivity index (χ2n) is 3.44. The van der Waals surface area contributed by atoms with Gasteiger partial charge in [0.2, 0.25) is 5.91 Å². The van der Waals surface area contributed by atoms with Crippen molar-refractivity contribution < 1.29 is 9.90 Å². The first-order valence-corrected chi connectivity index (χ1v) is 5.80. The molecule has 1 aromatic rings. The molecule has 1 aliphatic heterocycles. The predicted octanol–water partition coefficient (Wildman–Crippen LogP) is 2.55. The van der Waals surface area contributed by atoms with Crippen molar-refractivity contribution in [3.05, 3.63) is 23.2 Å². The molecule has 1 saturated heterocycles. The zero-order chi connectivity index (χ0) is 11.0. The van der Waals surface area contributed by atoms with Gasteiger partial charge in [-0.05, 0) is 12.1 Å². The van der Waals surface area contributed by atoms with Gasteiger partial charge in [-0.1, -0.05) is 27.5 Å². The fraction of sp³-hybridized carbons (Fsp3) is 0.300. The number of carbonyl (C=O) groups is 1. The molecule has 0 saturated carbocycles. The van der Waals surface area contributed by atoms with Gasteiger partial charge in [-0.3, -0.25) is 4.79 Å². The van der Waals surface area contributed by atoms with Gasteiger partial charge >= 0.3 is 0 Å². The number of carbonyl (C=O) groups excluding carboxylic acids is 1. The SMILES string of the molecule is O=C1CC(Br)CN1c1cc(O)ccc1Cl. The molecule has 1 N–H and O–H groups in total. The van der Waals surface area contributed by atoms with Crippen LogP contribution in [-0.2, 0) is 4.79 Å². The van der Waals surface area contributed by atoms with Gasteiger partial charge < -0.3 is 10.0 Å². The Hall–Kier alpha value is -0.740. The van der Waals surface area contributed by atoms with Crippen LogP contribution in [0.3, 0.4) is 0 Å². The number of anilines is 1. The van der Waals surface area contributed by atoms with Crippen LogP contribution in [0.15, 0.2) is 18.2 Å². The monoisotopic (exact) mass is 289 g/mol. The van der Waals surface area contributed by atoms with Crippen molar-refractivity contribution in [3.8, 4) is 5.75 Å². The largest absolute Gasteiger partial charge is 0.508 e. The Morgan fingerprint density at radius 1 is 1.53 bits per heavy atom. The Labute approximate surface area is 101 Å². The maximum Gasteiger partial charge on any atom is 0.228 e. The lowest BCUT2D eigenvalue weighted by Gasteiger charge is -2.17. The molecular formula is C10H9BrClNO2. The maximum atomic E-state index is 11.6. The summed E-state index contributed by atoms with van der Waals surface area (Å²) in [5.41, 5.74) is 0.573. The molecule has 2 rings (SSSR count). The van der Waals surface area contributed by atoms with Gasteiger partial charge in [0, 0.05) is 23.9 Å². The van der Waals surface area contributed by atoms with E-state index in [0.717, 1.165) is 0 Å². The van der Waals surface area contributed by atoms with Crippen LogP contribution >= 0.6 is 27.5 Å². The van der Waals surface area contributed by atoms with E-state index in [0.29, 0.717) is 23.7 Å². The molecule has 80 valence electrons. The van der Waals surface area contributed by atoms with Crippen LogP contribution in [0.1, 0.15) is 6.42 Å². The van der Waals surface area contributed by atoms with Gasteiger partial charge in [-0.25, -0.2) is 0 Å². The molecule has 1 aromatic carbocycles. The molecule has 0 aromatic heterocycles. The number of halogens is 2. The minimum atomic E-state index is 0.0179. The van der Waals surface area contributed by atoms with Gasteiger partial charge in [-0.15, -0.1) is 0 Å². The summed E-state index contributed by atoms with van der Waals surface area (Å²) in [6.45, 7) is 0.585. The molecule has 15 heavy (non-hydrogen) atoms. The summed E-state index contributed by atoms with van der Waals surface area (Å²) >= 11 is 9.36. The molecule has 0 radical (unpaired) electrons. The van der Waals surface area contributed by atoms with E-state index in [4.69, 9.17) is 11.6 Å². The van der Waals surface area contributed by atoms with Crippen molar-refractivity contribution in [3.63, 3.8) is 0 Å². The molecule has 0 spiro atoms. The number of hydrogen-bond acceptors (Lipinski definition) is 2. The molecule has 1 unspecified atom stereocenters. The second-order valence-corrected chi connectivity index (χ2v) is 5.14. The zero-order valence-corrected chi connectivity index (χ0v) is 10.1. The lowest BCUT2D eigenvalue weighted by atomic mass is 10.3. The molecular weight excluding hydrogens is 281 g/mol. The van der Waals surface area contributed by atoms with Crippen molar-refractivity contribution in [1.82, 2.24) is 0 Å². The third-order valence-corrected chi connectivity index (χ3v) is 3.23. The van der Waals surface area contributed by atoms with Crippen molar-refractivity contribution in [1.29, 1.82) is 0 Å². The molecule has 5 heteroatoms. The number of rotatable bonds is 1. The summed E-state index contributed by atoms with van der Waals surface area (Å²) in [7, 11) is 0. The standard InChI is InChI=1S/C10H9BrClNO2/c11-6-3-10(15)13(5-6)9-4-7(14)1-2-8(9)12/h1-2,4,6,14H,3,5H2. The minimum absolute atomic E-state index is 0.0179. The average Bonchev–Trinajstić information content (AvgIpc) is 2.50. The Balaban J connectivity index is 2.37. The Bertz CT molecular complexity index is 410. The Morgan fingerprint density at radius 2 is 2.27 bits per heavy atom. The van der Waals surface area contributed by atoms with E-state index in [9.17, 15) is 9.90 Å². The van der Waals surface area contributed by atoms with Crippen LogP contribution in [-0.4, -0.2) is 22.4 Å². The number of aromatic hydroxyl groups is 1. The molecule has 1 atom stereocenters. The highest BCUT2D eigenvalue weighted by atomic mass is 79.9. The van der Waals surface area contributed by atoms with Crippen LogP contribution in [0, 0.1) is 0 Å². The fourth-order valence-electron chi connectivity index (χ4n) is 1.60. The van der Waals surface area contributed by atoms with Crippen LogP contribution in [0.25, 0.3) is 0 Å². The Morgan fingerprint density at radius 3 is 2.87 bits per heavy atom. The number of alkyl halides is 1. The first-order valence-electron chi connectivity index (χ1n) is 4.51. The van der Waals surface area contributed by atoms with Gasteiger partial charge in [0.1, 0.15) is 5.75 Å². The van der Waals surface area contributed by atoms with E-state index in [1.165, 1.54) is 12.1 Å². The summed E-state index contributed by atoms with van der Waals surface area (Å²) in [5.74, 6) is 0.129. The van der Waals surface area contributed by atoms with Crippen LogP contribution in [0.4, 0.5) is 5.69 Å². The number of nitrogens with zero attached hydrogens (tertiary/aromatic N) is 1. The van der Waals surface area contributed by atoms with Crippen LogP contribution in [0.5, 0.6) is 5.75 Å². The highest BCUT2D eigenvalue weighted by Crippen LogP contribution is 2.33. The lowest BCUT2D eigenvalue weighted by molar-refractivity contribution is -0.117. The Kier molecular flexibility index (Phi) is 2.89. The summed E-state index contributed by atoms with van der Waals surface area (Å²) in [6, 6.07) is 4.59. The molecule has 1 amide bonds. The maximum absolute atomic E-state index is 11.6. The molecule has 1 heterocycles. The van der Waals surface area contributed by atoms with E-state index in [1.54, 1.807) is 11.0 Å². The highest BCUT2D eigenvalue weighted by molar-refractivity contribution is 9.09. The number of benzene rings is 1. The van der Waals surface area contributed by atoms with Gasteiger partial charge in [-0.2, -0.15) is 0 Å². The first kappa shape index (κ1) is 10.8. The van der Waals surface area contributed by atoms with Gasteiger partial charge in [0.25, 0.3) is 0 Å². The molecule has 1 aliphatic rings. The van der Waals surface area contributed by atoms with E-state index < -0.39 is 0 Å². The summed E-state index contributed by atoms with van der Waals surface area (Å²) in [4.78, 5) is 13.3. The van der Waals surface area contributed by atoms with Crippen molar-refractivity contribution >= 4 is 39.1 Å². The topological polar surface area (TPSA) is 40.5 Å². The second kappa shape index (κ2) is 4.02. The van der Waals surface area contributed by atoms with E-state index in [2.05, 4.69) is 15.9 Å². The molecule has 3 nitrogen and oxygen atoms in total. The average molecular weight is 291 g/mol. The van der Waals surface area contributed by atoms with Crippen LogP contribution in [0.2, 0.25) is 5.02 Å². The highest BCUT2D eigenvalue weighted by Gasteiger charge is 2.30. The third kappa shape index (κ3) is 2.11. The zero-order valence-electron chi connectivity index (χ0n) is 7.78. The van der Waals surface area contributed by atoms with Gasteiger partial charge in [0.15, 0.2) is 0 Å². The van der Waals surface area contributed by atoms with Gasteiger partial charge in [0.05, 0.1) is 10.7 Å². The smallest absolute Gasteiger partial charge is 0.228 e. The molecule has 0 aliphatic carbocycles. The lowest BCUT2D eigenvalue weighted by Crippen LogP contribution is -2.24. The minimum Gasteiger partial charge on any atom is -0.508 e. The first-order chi connectivity index (χ1) is 7.08. The number of hydrogen-bond donors (Lipinski definition) is 1. The molecule has 0 bridgehead atoms. The normalized spacial score (nSPS) is 21.1. The fourth-order valence-corrected chi connectivity index (χ4v) is 2.39. The molecule has 1 fully saturated rings. The van der Waals surface area contributed by atoms with Crippen molar-refractivity contribution in [2.24, 2.45) is 0 Å². The van der Waals surface area contributed by atoms with E-state index >= 15 is 0 Å². The number of amides is 1. The van der Waals surface area contributed by atoms with Crippen molar-refractivity contribution in [2.75, 3.05) is 11.4 Å². The van der Waals surface area contributed by atoms with E-state index in [-0.39, 0.29) is 16.5 Å². The summed E-state index contributed by atoms with van der Waals surface area (Å²) in [5, 5.41) is 9.82. The van der Waals surface area contributed by atoms with E-state index in [1.807, 2.05) is 0 Å². The quantitative estimate of drug-likeness (QED) is 0.808. The number of phenols is 1. The predicted molar refractivity (Wildman–Crippen MR) is 62.8 cm³/mol. The summed E-state index contributed by atoms with van der Waals surface area (Å²) < 4.78 is 0. The third-order valence-electron chi connectivity index (χ3n) is 2.30. The summed E-state index contributed by atoms with van der Waals surface area (Å²) in [6.07, 6.45) is 0.464.